The number of alkyl halides is 1. The molecule has 0 aromatic carbocycles. The molecule has 13 heavy (non-hydrogen) atoms. The summed E-state index contributed by atoms with van der Waals surface area (Å²) in [5.74, 6) is 1.28. The first-order chi connectivity index (χ1) is 6.15. The molecule has 1 rings (SSSR count). The zero-order valence-electron chi connectivity index (χ0n) is 8.05. The van der Waals surface area contributed by atoms with Gasteiger partial charge >= 0.3 is 0 Å². The van der Waals surface area contributed by atoms with Gasteiger partial charge in [0.15, 0.2) is 0 Å². The van der Waals surface area contributed by atoms with Crippen LogP contribution in [0.2, 0.25) is 0 Å². The van der Waals surface area contributed by atoms with Crippen molar-refractivity contribution in [3.8, 4) is 0 Å². The summed E-state index contributed by atoms with van der Waals surface area (Å²) in [5.41, 5.74) is 8.22. The van der Waals surface area contributed by atoms with Crippen molar-refractivity contribution in [1.29, 1.82) is 0 Å². The van der Waals surface area contributed by atoms with Gasteiger partial charge in [-0.15, -0.1) is 0 Å². The first-order valence-electron chi connectivity index (χ1n) is 4.41. The van der Waals surface area contributed by atoms with Crippen LogP contribution in [0, 0.1) is 12.8 Å². The maximum atomic E-state index is 5.80. The molecule has 1 aromatic rings. The highest BCUT2D eigenvalue weighted by atomic mass is 79.9. The van der Waals surface area contributed by atoms with Crippen molar-refractivity contribution < 1.29 is 0 Å². The zero-order valence-corrected chi connectivity index (χ0v) is 9.63. The molecule has 0 aliphatic carbocycles. The van der Waals surface area contributed by atoms with Gasteiger partial charge in [0.05, 0.1) is 0 Å². The number of aromatic nitrogens is 1. The molecule has 0 spiro atoms. The molecule has 0 aliphatic rings. The lowest BCUT2D eigenvalue weighted by molar-refractivity contribution is 0.660. The summed E-state index contributed by atoms with van der Waals surface area (Å²) in [4.78, 5) is 4.09. The van der Waals surface area contributed by atoms with Gasteiger partial charge in [-0.1, -0.05) is 22.9 Å². The van der Waals surface area contributed by atoms with Crippen LogP contribution in [0.15, 0.2) is 12.3 Å². The summed E-state index contributed by atoms with van der Waals surface area (Å²) in [5, 5.41) is 1.00. The Morgan fingerprint density at radius 2 is 2.31 bits per heavy atom. The molecule has 2 nitrogen and oxygen atoms in total. The van der Waals surface area contributed by atoms with Crippen LogP contribution in [0.5, 0.6) is 0 Å². The molecule has 0 saturated heterocycles. The normalized spacial score (nSPS) is 12.8. The summed E-state index contributed by atoms with van der Waals surface area (Å²) in [6.45, 7) is 4.27. The van der Waals surface area contributed by atoms with Crippen LogP contribution in [-0.2, 0) is 6.42 Å². The number of hydrogen-bond donors (Lipinski definition) is 1. The number of nitrogens with zero attached hydrogens (tertiary/aromatic N) is 1. The van der Waals surface area contributed by atoms with Crippen molar-refractivity contribution in [3.63, 3.8) is 0 Å². The molecule has 0 radical (unpaired) electrons. The van der Waals surface area contributed by atoms with Crippen molar-refractivity contribution in [2.45, 2.75) is 20.3 Å². The lowest BCUT2D eigenvalue weighted by atomic mass is 10.00. The minimum atomic E-state index is 0.602. The number of aryl methyl sites for hydroxylation is 1. The minimum absolute atomic E-state index is 0.602. The van der Waals surface area contributed by atoms with Gasteiger partial charge in [0.2, 0.25) is 0 Å². The third kappa shape index (κ3) is 2.69. The van der Waals surface area contributed by atoms with E-state index in [1.54, 1.807) is 6.20 Å². The smallest absolute Gasteiger partial charge is 0.126 e. The largest absolute Gasteiger partial charge is 0.383 e. The van der Waals surface area contributed by atoms with Crippen molar-refractivity contribution in [2.24, 2.45) is 5.92 Å². The van der Waals surface area contributed by atoms with E-state index in [2.05, 4.69) is 34.8 Å². The number of anilines is 1. The first kappa shape index (κ1) is 10.5. The average Bonchev–Trinajstić information content (AvgIpc) is 2.11. The fourth-order valence-electron chi connectivity index (χ4n) is 1.28. The van der Waals surface area contributed by atoms with Crippen molar-refractivity contribution in [3.05, 3.63) is 23.4 Å². The molecule has 72 valence electrons. The van der Waals surface area contributed by atoms with Gasteiger partial charge in [-0.25, -0.2) is 4.98 Å². The summed E-state index contributed by atoms with van der Waals surface area (Å²) < 4.78 is 0. The van der Waals surface area contributed by atoms with Gasteiger partial charge in [-0.05, 0) is 36.5 Å². The van der Waals surface area contributed by atoms with Gasteiger partial charge in [-0.2, -0.15) is 0 Å². The van der Waals surface area contributed by atoms with Gasteiger partial charge in [-0.3, -0.25) is 0 Å². The highest BCUT2D eigenvalue weighted by molar-refractivity contribution is 9.09. The molecule has 0 amide bonds. The molecular weight excluding hydrogens is 228 g/mol. The summed E-state index contributed by atoms with van der Waals surface area (Å²) in [6, 6.07) is 2.01. The Kier molecular flexibility index (Phi) is 3.72. The molecular formula is C10H15BrN2. The average molecular weight is 243 g/mol. The second-order valence-electron chi connectivity index (χ2n) is 3.46. The predicted molar refractivity (Wildman–Crippen MR) is 60.0 cm³/mol. The number of halogens is 1. The molecule has 1 unspecified atom stereocenters. The van der Waals surface area contributed by atoms with Gasteiger partial charge in [0, 0.05) is 11.5 Å². The van der Waals surface area contributed by atoms with Crippen molar-refractivity contribution >= 4 is 21.7 Å². The third-order valence-corrected chi connectivity index (χ3v) is 3.24. The van der Waals surface area contributed by atoms with Crippen molar-refractivity contribution in [2.75, 3.05) is 11.1 Å². The zero-order chi connectivity index (χ0) is 9.84. The van der Waals surface area contributed by atoms with Crippen LogP contribution in [-0.4, -0.2) is 10.3 Å². The number of pyridine rings is 1. The van der Waals surface area contributed by atoms with E-state index in [1.807, 2.05) is 6.07 Å². The second kappa shape index (κ2) is 4.61. The Morgan fingerprint density at radius 3 is 2.85 bits per heavy atom. The van der Waals surface area contributed by atoms with E-state index in [-0.39, 0.29) is 0 Å². The fourth-order valence-corrected chi connectivity index (χ4v) is 1.51. The van der Waals surface area contributed by atoms with Gasteiger partial charge in [0.1, 0.15) is 5.82 Å². The SMILES string of the molecule is Cc1ccnc(N)c1CC(C)CBr. The molecule has 1 atom stereocenters. The highest BCUT2D eigenvalue weighted by Crippen LogP contribution is 2.18. The molecule has 0 aliphatic heterocycles. The van der Waals surface area contributed by atoms with Crippen LogP contribution in [0.3, 0.4) is 0 Å². The molecule has 0 fully saturated rings. The van der Waals surface area contributed by atoms with Crippen LogP contribution < -0.4 is 5.73 Å². The Bertz CT molecular complexity index is 266. The van der Waals surface area contributed by atoms with E-state index in [1.165, 1.54) is 11.1 Å². The number of hydrogen-bond acceptors (Lipinski definition) is 2. The molecule has 3 heteroatoms. The summed E-state index contributed by atoms with van der Waals surface area (Å²) >= 11 is 3.46. The lowest BCUT2D eigenvalue weighted by Crippen LogP contribution is -2.06. The maximum Gasteiger partial charge on any atom is 0.126 e. The predicted octanol–water partition coefficient (Wildman–Crippen LogP) is 2.55. The Labute approximate surface area is 87.7 Å². The van der Waals surface area contributed by atoms with Gasteiger partial charge in [0.25, 0.3) is 0 Å². The summed E-state index contributed by atoms with van der Waals surface area (Å²) in [7, 11) is 0. The van der Waals surface area contributed by atoms with Crippen LogP contribution >= 0.6 is 15.9 Å². The van der Waals surface area contributed by atoms with E-state index < -0.39 is 0 Å². The number of nitrogens with two attached hydrogens (primary N) is 1. The van der Waals surface area contributed by atoms with E-state index in [0.717, 1.165) is 11.8 Å². The van der Waals surface area contributed by atoms with E-state index in [4.69, 9.17) is 5.73 Å². The van der Waals surface area contributed by atoms with E-state index >= 15 is 0 Å². The van der Waals surface area contributed by atoms with Crippen LogP contribution in [0.1, 0.15) is 18.1 Å². The van der Waals surface area contributed by atoms with E-state index in [0.29, 0.717) is 11.7 Å². The minimum Gasteiger partial charge on any atom is -0.383 e. The maximum absolute atomic E-state index is 5.80. The fraction of sp³-hybridized carbons (Fsp3) is 0.500. The molecule has 0 bridgehead atoms. The van der Waals surface area contributed by atoms with Crippen molar-refractivity contribution in [1.82, 2.24) is 4.98 Å². The van der Waals surface area contributed by atoms with E-state index in [9.17, 15) is 0 Å². The summed E-state index contributed by atoms with van der Waals surface area (Å²) in [6.07, 6.45) is 2.75. The quantitative estimate of drug-likeness (QED) is 0.828. The highest BCUT2D eigenvalue weighted by Gasteiger charge is 2.08. The molecule has 2 N–H and O–H groups in total. The molecule has 1 heterocycles. The first-order valence-corrected chi connectivity index (χ1v) is 5.53. The van der Waals surface area contributed by atoms with Crippen LogP contribution in [0.4, 0.5) is 5.82 Å². The third-order valence-electron chi connectivity index (χ3n) is 2.14. The second-order valence-corrected chi connectivity index (χ2v) is 4.10. The van der Waals surface area contributed by atoms with Crippen LogP contribution in [0.25, 0.3) is 0 Å². The topological polar surface area (TPSA) is 38.9 Å². The number of rotatable bonds is 3. The standard InChI is InChI=1S/C10H15BrN2/c1-7(6-11)5-9-8(2)3-4-13-10(9)12/h3-4,7H,5-6H2,1-2H3,(H2,12,13). The van der Waals surface area contributed by atoms with Gasteiger partial charge < -0.3 is 5.73 Å². The Balaban J connectivity index is 2.87. The molecule has 1 aromatic heterocycles. The Hall–Kier alpha value is -0.570. The number of nitrogen functional groups attached to an aromatic ring is 1. The lowest BCUT2D eigenvalue weighted by Gasteiger charge is -2.11. The Morgan fingerprint density at radius 1 is 1.62 bits per heavy atom. The molecule has 0 saturated carbocycles. The monoisotopic (exact) mass is 242 g/mol.